The molecule has 0 radical (unpaired) electrons. The van der Waals surface area contributed by atoms with Crippen molar-refractivity contribution in [3.8, 4) is 0 Å². The van der Waals surface area contributed by atoms with E-state index in [1.807, 2.05) is 11.4 Å². The van der Waals surface area contributed by atoms with Crippen molar-refractivity contribution >= 4 is 37.3 Å². The molecule has 1 aromatic heterocycles. The lowest BCUT2D eigenvalue weighted by Crippen LogP contribution is -2.37. The zero-order valence-electron chi connectivity index (χ0n) is 9.19. The number of hydrogen-bond acceptors (Lipinski definition) is 4. The molecular formula is C10H14BrNO3S2. The molecule has 4 nitrogen and oxygen atoms in total. The SMILES string of the molecule is O=S(=O)(NCc1cc(Br)cs1)C1CCOCC1. The van der Waals surface area contributed by atoms with Crippen LogP contribution in [-0.2, 0) is 21.3 Å². The van der Waals surface area contributed by atoms with Crippen LogP contribution in [0.4, 0.5) is 0 Å². The summed E-state index contributed by atoms with van der Waals surface area (Å²) in [5, 5.41) is 1.64. The second kappa shape index (κ2) is 5.79. The topological polar surface area (TPSA) is 55.4 Å². The van der Waals surface area contributed by atoms with Crippen LogP contribution in [0.15, 0.2) is 15.9 Å². The summed E-state index contributed by atoms with van der Waals surface area (Å²) < 4.78 is 32.8. The summed E-state index contributed by atoms with van der Waals surface area (Å²) in [6, 6.07) is 1.93. The van der Waals surface area contributed by atoms with Gasteiger partial charge in [0.25, 0.3) is 0 Å². The standard InChI is InChI=1S/C10H14BrNO3S2/c11-8-5-9(16-7-8)6-12-17(13,14)10-1-3-15-4-2-10/h5,7,10,12H,1-4,6H2. The van der Waals surface area contributed by atoms with E-state index in [1.165, 1.54) is 11.3 Å². The average Bonchev–Trinajstić information content (AvgIpc) is 2.74. The van der Waals surface area contributed by atoms with Gasteiger partial charge >= 0.3 is 0 Å². The molecule has 0 aliphatic carbocycles. The normalized spacial score (nSPS) is 18.4. The molecule has 0 amide bonds. The Hall–Kier alpha value is 0.0500. The fourth-order valence-electron chi connectivity index (χ4n) is 1.72. The van der Waals surface area contributed by atoms with Gasteiger partial charge in [0.1, 0.15) is 0 Å². The van der Waals surface area contributed by atoms with Gasteiger partial charge in [0, 0.05) is 34.5 Å². The van der Waals surface area contributed by atoms with E-state index in [0.29, 0.717) is 32.6 Å². The van der Waals surface area contributed by atoms with Crippen LogP contribution in [0.2, 0.25) is 0 Å². The summed E-state index contributed by atoms with van der Waals surface area (Å²) in [4.78, 5) is 1.01. The molecule has 0 bridgehead atoms. The first-order valence-electron chi connectivity index (χ1n) is 5.37. The van der Waals surface area contributed by atoms with Crippen LogP contribution in [0.1, 0.15) is 17.7 Å². The number of hydrogen-bond donors (Lipinski definition) is 1. The second-order valence-electron chi connectivity index (χ2n) is 3.91. The first kappa shape index (κ1) is 13.5. The van der Waals surface area contributed by atoms with Gasteiger partial charge in [0.2, 0.25) is 10.0 Å². The van der Waals surface area contributed by atoms with E-state index in [1.54, 1.807) is 0 Å². The Morgan fingerprint density at radius 1 is 1.47 bits per heavy atom. The molecule has 2 rings (SSSR count). The molecule has 1 fully saturated rings. The van der Waals surface area contributed by atoms with Crippen LogP contribution in [0, 0.1) is 0 Å². The Morgan fingerprint density at radius 3 is 2.76 bits per heavy atom. The van der Waals surface area contributed by atoms with Crippen molar-refractivity contribution in [1.82, 2.24) is 4.72 Å². The zero-order chi connectivity index (χ0) is 12.3. The monoisotopic (exact) mass is 339 g/mol. The minimum absolute atomic E-state index is 0.306. The van der Waals surface area contributed by atoms with E-state index in [2.05, 4.69) is 20.7 Å². The summed E-state index contributed by atoms with van der Waals surface area (Å²) in [5.74, 6) is 0. The van der Waals surface area contributed by atoms with Crippen molar-refractivity contribution in [2.45, 2.75) is 24.6 Å². The molecule has 96 valence electrons. The fourth-order valence-corrected chi connectivity index (χ4v) is 4.61. The van der Waals surface area contributed by atoms with Gasteiger partial charge in [-0.05, 0) is 34.8 Å². The van der Waals surface area contributed by atoms with Gasteiger partial charge in [-0.2, -0.15) is 0 Å². The van der Waals surface area contributed by atoms with Crippen molar-refractivity contribution in [3.63, 3.8) is 0 Å². The molecule has 1 N–H and O–H groups in total. The molecule has 1 aromatic rings. The molecule has 1 aliphatic heterocycles. The number of halogens is 1. The largest absolute Gasteiger partial charge is 0.381 e. The molecule has 0 spiro atoms. The third-order valence-electron chi connectivity index (χ3n) is 2.68. The van der Waals surface area contributed by atoms with Crippen molar-refractivity contribution < 1.29 is 13.2 Å². The van der Waals surface area contributed by atoms with Crippen LogP contribution in [0.5, 0.6) is 0 Å². The maximum absolute atomic E-state index is 12.0. The van der Waals surface area contributed by atoms with Gasteiger partial charge in [-0.1, -0.05) is 0 Å². The molecule has 7 heteroatoms. The lowest BCUT2D eigenvalue weighted by molar-refractivity contribution is 0.0981. The van der Waals surface area contributed by atoms with E-state index in [0.717, 1.165) is 9.35 Å². The van der Waals surface area contributed by atoms with E-state index in [4.69, 9.17) is 4.74 Å². The molecule has 2 heterocycles. The third-order valence-corrected chi connectivity index (χ3v) is 6.27. The van der Waals surface area contributed by atoms with Crippen molar-refractivity contribution in [3.05, 3.63) is 20.8 Å². The van der Waals surface area contributed by atoms with Crippen LogP contribution >= 0.6 is 27.3 Å². The summed E-state index contributed by atoms with van der Waals surface area (Å²) >= 11 is 4.88. The highest BCUT2D eigenvalue weighted by atomic mass is 79.9. The van der Waals surface area contributed by atoms with Crippen molar-refractivity contribution in [2.24, 2.45) is 0 Å². The van der Waals surface area contributed by atoms with E-state index < -0.39 is 10.0 Å². The lowest BCUT2D eigenvalue weighted by Gasteiger charge is -2.22. The minimum atomic E-state index is -3.21. The minimum Gasteiger partial charge on any atom is -0.381 e. The fraction of sp³-hybridized carbons (Fsp3) is 0.600. The molecular weight excluding hydrogens is 326 g/mol. The Labute approximate surface area is 114 Å². The maximum Gasteiger partial charge on any atom is 0.214 e. The number of sulfonamides is 1. The first-order chi connectivity index (χ1) is 8.08. The highest BCUT2D eigenvalue weighted by molar-refractivity contribution is 9.10. The summed E-state index contributed by atoms with van der Waals surface area (Å²) in [6.45, 7) is 1.45. The molecule has 1 saturated heterocycles. The number of rotatable bonds is 4. The Balaban J connectivity index is 1.92. The van der Waals surface area contributed by atoms with Gasteiger partial charge in [-0.15, -0.1) is 11.3 Å². The molecule has 0 atom stereocenters. The summed E-state index contributed by atoms with van der Waals surface area (Å²) in [6.07, 6.45) is 1.17. The molecule has 0 saturated carbocycles. The second-order valence-corrected chi connectivity index (χ2v) is 7.87. The van der Waals surface area contributed by atoms with Gasteiger partial charge in [0.05, 0.1) is 5.25 Å². The van der Waals surface area contributed by atoms with Gasteiger partial charge < -0.3 is 4.74 Å². The highest BCUT2D eigenvalue weighted by Gasteiger charge is 2.27. The maximum atomic E-state index is 12.0. The number of ether oxygens (including phenoxy) is 1. The summed E-state index contributed by atoms with van der Waals surface area (Å²) in [7, 11) is -3.21. The smallest absolute Gasteiger partial charge is 0.214 e. The highest BCUT2D eigenvalue weighted by Crippen LogP contribution is 2.20. The number of thiophene rings is 1. The van der Waals surface area contributed by atoms with Crippen molar-refractivity contribution in [1.29, 1.82) is 0 Å². The summed E-state index contributed by atoms with van der Waals surface area (Å²) in [5.41, 5.74) is 0. The van der Waals surface area contributed by atoms with Crippen LogP contribution in [0.25, 0.3) is 0 Å². The molecule has 1 aliphatic rings. The van der Waals surface area contributed by atoms with Gasteiger partial charge in [-0.25, -0.2) is 13.1 Å². The van der Waals surface area contributed by atoms with E-state index in [9.17, 15) is 8.42 Å². The van der Waals surface area contributed by atoms with Crippen LogP contribution in [0.3, 0.4) is 0 Å². The quantitative estimate of drug-likeness (QED) is 0.913. The first-order valence-corrected chi connectivity index (χ1v) is 8.59. The van der Waals surface area contributed by atoms with Gasteiger partial charge in [0.15, 0.2) is 0 Å². The van der Waals surface area contributed by atoms with Crippen LogP contribution < -0.4 is 4.72 Å². The molecule has 0 aromatic carbocycles. The predicted molar refractivity (Wildman–Crippen MR) is 71.6 cm³/mol. The number of nitrogens with one attached hydrogen (secondary N) is 1. The molecule has 17 heavy (non-hydrogen) atoms. The Morgan fingerprint density at radius 2 is 2.18 bits per heavy atom. The predicted octanol–water partition coefficient (Wildman–Crippen LogP) is 2.11. The lowest BCUT2D eigenvalue weighted by atomic mass is 10.2. The average molecular weight is 340 g/mol. The Kier molecular flexibility index (Phi) is 4.59. The molecule has 0 unspecified atom stereocenters. The van der Waals surface area contributed by atoms with Crippen LogP contribution in [-0.4, -0.2) is 26.9 Å². The van der Waals surface area contributed by atoms with E-state index >= 15 is 0 Å². The van der Waals surface area contributed by atoms with E-state index in [-0.39, 0.29) is 5.25 Å². The Bertz CT molecular complexity index is 466. The van der Waals surface area contributed by atoms with Gasteiger partial charge in [-0.3, -0.25) is 0 Å². The third kappa shape index (κ3) is 3.75. The zero-order valence-corrected chi connectivity index (χ0v) is 12.4. The van der Waals surface area contributed by atoms with Crippen molar-refractivity contribution in [2.75, 3.05) is 13.2 Å².